The third-order valence-corrected chi connectivity index (χ3v) is 3.36. The Hall–Kier alpha value is -1.82. The zero-order chi connectivity index (χ0) is 13.8. The molecule has 0 aliphatic carbocycles. The molecule has 3 N–H and O–H groups in total. The van der Waals surface area contributed by atoms with Gasteiger partial charge < -0.3 is 20.4 Å². The number of hydrogen-bond donors (Lipinski definition) is 2. The second kappa shape index (κ2) is 5.88. The quantitative estimate of drug-likeness (QED) is 0.817. The molecule has 1 atom stereocenters. The van der Waals surface area contributed by atoms with E-state index in [1.54, 1.807) is 13.0 Å². The molecule has 1 aromatic rings. The number of furan rings is 1. The molecule has 1 aromatic heterocycles. The Morgan fingerprint density at radius 2 is 2.37 bits per heavy atom. The maximum absolute atomic E-state index is 12.5. The third-order valence-electron chi connectivity index (χ3n) is 3.36. The van der Waals surface area contributed by atoms with Gasteiger partial charge in [-0.25, -0.2) is 0 Å². The van der Waals surface area contributed by atoms with Crippen molar-refractivity contribution in [2.45, 2.75) is 25.8 Å². The summed E-state index contributed by atoms with van der Waals surface area (Å²) in [6.45, 7) is 3.34. The lowest BCUT2D eigenvalue weighted by Crippen LogP contribution is -2.51. The van der Waals surface area contributed by atoms with Crippen molar-refractivity contribution in [2.24, 2.45) is 5.73 Å². The van der Waals surface area contributed by atoms with Crippen molar-refractivity contribution in [3.05, 3.63) is 23.7 Å². The second-order valence-electron chi connectivity index (χ2n) is 4.83. The molecule has 0 aromatic carbocycles. The van der Waals surface area contributed by atoms with Crippen molar-refractivity contribution in [2.75, 3.05) is 19.6 Å². The Balaban J connectivity index is 2.19. The van der Waals surface area contributed by atoms with Crippen molar-refractivity contribution in [3.8, 4) is 0 Å². The first-order valence-electron chi connectivity index (χ1n) is 6.43. The van der Waals surface area contributed by atoms with E-state index >= 15 is 0 Å². The molecule has 1 fully saturated rings. The van der Waals surface area contributed by atoms with E-state index in [9.17, 15) is 9.59 Å². The van der Waals surface area contributed by atoms with E-state index in [-0.39, 0.29) is 24.3 Å². The van der Waals surface area contributed by atoms with E-state index in [4.69, 9.17) is 10.2 Å². The maximum Gasteiger partial charge on any atom is 0.290 e. The van der Waals surface area contributed by atoms with Crippen LogP contribution in [0.3, 0.4) is 0 Å². The first kappa shape index (κ1) is 13.6. The number of primary amides is 1. The first-order valence-corrected chi connectivity index (χ1v) is 6.43. The Labute approximate surface area is 111 Å². The van der Waals surface area contributed by atoms with Crippen LogP contribution < -0.4 is 11.1 Å². The Morgan fingerprint density at radius 3 is 2.89 bits per heavy atom. The van der Waals surface area contributed by atoms with E-state index in [1.165, 1.54) is 11.2 Å². The van der Waals surface area contributed by atoms with Crippen molar-refractivity contribution in [1.82, 2.24) is 10.2 Å². The highest BCUT2D eigenvalue weighted by Crippen LogP contribution is 2.17. The van der Waals surface area contributed by atoms with Crippen LogP contribution in [0.5, 0.6) is 0 Å². The van der Waals surface area contributed by atoms with E-state index in [1.807, 2.05) is 0 Å². The van der Waals surface area contributed by atoms with Gasteiger partial charge in [-0.2, -0.15) is 0 Å². The van der Waals surface area contributed by atoms with Gasteiger partial charge in [0.05, 0.1) is 6.26 Å². The van der Waals surface area contributed by atoms with Gasteiger partial charge in [0, 0.05) is 18.2 Å². The third kappa shape index (κ3) is 3.14. The van der Waals surface area contributed by atoms with Crippen molar-refractivity contribution in [1.29, 1.82) is 0 Å². The minimum Gasteiger partial charge on any atom is -0.459 e. The molecule has 0 radical (unpaired) electrons. The molecule has 1 aliphatic rings. The standard InChI is InChI=1S/C13H19N3O3/c1-9-4-6-19-12(9)13(18)16(8-11(14)17)10-3-2-5-15-7-10/h4,6,10,15H,2-3,5,7-8H2,1H3,(H2,14,17). The lowest BCUT2D eigenvalue weighted by atomic mass is 10.0. The summed E-state index contributed by atoms with van der Waals surface area (Å²) in [5.41, 5.74) is 6.01. The summed E-state index contributed by atoms with van der Waals surface area (Å²) in [6.07, 6.45) is 3.32. The number of nitrogens with zero attached hydrogens (tertiary/aromatic N) is 1. The number of piperidine rings is 1. The predicted molar refractivity (Wildman–Crippen MR) is 69.6 cm³/mol. The molecule has 1 saturated heterocycles. The summed E-state index contributed by atoms with van der Waals surface area (Å²) in [4.78, 5) is 25.2. The van der Waals surface area contributed by atoms with E-state index in [2.05, 4.69) is 5.32 Å². The Morgan fingerprint density at radius 1 is 1.58 bits per heavy atom. The molecule has 6 heteroatoms. The topological polar surface area (TPSA) is 88.6 Å². The van der Waals surface area contributed by atoms with Crippen LogP contribution in [0.15, 0.2) is 16.7 Å². The van der Waals surface area contributed by atoms with Crippen LogP contribution in [-0.4, -0.2) is 42.4 Å². The molecule has 2 heterocycles. The minimum absolute atomic E-state index is 0.0155. The molecule has 0 bridgehead atoms. The highest BCUT2D eigenvalue weighted by atomic mass is 16.3. The SMILES string of the molecule is Cc1ccoc1C(=O)N(CC(N)=O)C1CCCNC1. The van der Waals surface area contributed by atoms with Gasteiger partial charge in [0.2, 0.25) is 5.91 Å². The van der Waals surface area contributed by atoms with Gasteiger partial charge in [-0.15, -0.1) is 0 Å². The zero-order valence-electron chi connectivity index (χ0n) is 11.0. The molecule has 2 rings (SSSR count). The van der Waals surface area contributed by atoms with E-state index < -0.39 is 5.91 Å². The average molecular weight is 265 g/mol. The Kier molecular flexibility index (Phi) is 4.21. The summed E-state index contributed by atoms with van der Waals surface area (Å²) >= 11 is 0. The fourth-order valence-electron chi connectivity index (χ4n) is 2.36. The summed E-state index contributed by atoms with van der Waals surface area (Å²) in [6, 6.07) is 1.72. The molecule has 1 unspecified atom stereocenters. The van der Waals surface area contributed by atoms with Crippen molar-refractivity contribution in [3.63, 3.8) is 0 Å². The monoisotopic (exact) mass is 265 g/mol. The van der Waals surface area contributed by atoms with Gasteiger partial charge in [-0.05, 0) is 32.4 Å². The number of nitrogens with one attached hydrogen (secondary N) is 1. The van der Waals surface area contributed by atoms with Crippen LogP contribution in [0.25, 0.3) is 0 Å². The predicted octanol–water partition coefficient (Wildman–Crippen LogP) is 0.268. The van der Waals surface area contributed by atoms with Crippen LogP contribution in [-0.2, 0) is 4.79 Å². The molecule has 104 valence electrons. The number of aryl methyl sites for hydroxylation is 1. The van der Waals surface area contributed by atoms with Gasteiger partial charge in [-0.1, -0.05) is 0 Å². The summed E-state index contributed by atoms with van der Waals surface area (Å²) in [5.74, 6) is -0.495. The molecule has 19 heavy (non-hydrogen) atoms. The number of carbonyl (C=O) groups excluding carboxylic acids is 2. The zero-order valence-corrected chi connectivity index (χ0v) is 11.0. The maximum atomic E-state index is 12.5. The van der Waals surface area contributed by atoms with Crippen molar-refractivity contribution >= 4 is 11.8 Å². The van der Waals surface area contributed by atoms with Crippen LogP contribution >= 0.6 is 0 Å². The van der Waals surface area contributed by atoms with E-state index in [0.717, 1.165) is 24.9 Å². The normalized spacial score (nSPS) is 19.1. The van der Waals surface area contributed by atoms with Crippen LogP contribution in [0.2, 0.25) is 0 Å². The number of rotatable bonds is 4. The molecule has 6 nitrogen and oxygen atoms in total. The molecule has 0 spiro atoms. The first-order chi connectivity index (χ1) is 9.09. The molecular weight excluding hydrogens is 246 g/mol. The minimum atomic E-state index is -0.511. The van der Waals surface area contributed by atoms with Gasteiger partial charge >= 0.3 is 0 Å². The number of amides is 2. The van der Waals surface area contributed by atoms with Crippen LogP contribution in [0.1, 0.15) is 29.0 Å². The molecular formula is C13H19N3O3. The van der Waals surface area contributed by atoms with Gasteiger partial charge in [0.25, 0.3) is 5.91 Å². The lowest BCUT2D eigenvalue weighted by Gasteiger charge is -2.33. The van der Waals surface area contributed by atoms with E-state index in [0.29, 0.717) is 6.54 Å². The second-order valence-corrected chi connectivity index (χ2v) is 4.83. The molecule has 1 aliphatic heterocycles. The number of nitrogens with two attached hydrogens (primary N) is 1. The lowest BCUT2D eigenvalue weighted by molar-refractivity contribution is -0.119. The number of hydrogen-bond acceptors (Lipinski definition) is 4. The summed E-state index contributed by atoms with van der Waals surface area (Å²) < 4.78 is 5.22. The molecule has 2 amide bonds. The average Bonchev–Trinajstić information content (AvgIpc) is 2.82. The number of carbonyl (C=O) groups is 2. The van der Waals surface area contributed by atoms with Crippen LogP contribution in [0, 0.1) is 6.92 Å². The smallest absolute Gasteiger partial charge is 0.290 e. The Bertz CT molecular complexity index is 463. The van der Waals surface area contributed by atoms with Gasteiger partial charge in [0.1, 0.15) is 6.54 Å². The summed E-state index contributed by atoms with van der Waals surface area (Å²) in [7, 11) is 0. The fourth-order valence-corrected chi connectivity index (χ4v) is 2.36. The summed E-state index contributed by atoms with van der Waals surface area (Å²) in [5, 5.41) is 3.23. The fraction of sp³-hybridized carbons (Fsp3) is 0.538. The van der Waals surface area contributed by atoms with Crippen molar-refractivity contribution < 1.29 is 14.0 Å². The highest BCUT2D eigenvalue weighted by molar-refractivity contribution is 5.95. The van der Waals surface area contributed by atoms with Gasteiger partial charge in [-0.3, -0.25) is 9.59 Å². The molecule has 0 saturated carbocycles. The largest absolute Gasteiger partial charge is 0.459 e. The highest BCUT2D eigenvalue weighted by Gasteiger charge is 2.29. The van der Waals surface area contributed by atoms with Gasteiger partial charge in [0.15, 0.2) is 5.76 Å². The van der Waals surface area contributed by atoms with Crippen LogP contribution in [0.4, 0.5) is 0 Å².